The van der Waals surface area contributed by atoms with Crippen LogP contribution in [0.1, 0.15) is 36.8 Å². The van der Waals surface area contributed by atoms with Crippen LogP contribution in [0.4, 0.5) is 0 Å². The van der Waals surface area contributed by atoms with Gasteiger partial charge in [-0.15, -0.1) is 0 Å². The molecule has 0 amide bonds. The van der Waals surface area contributed by atoms with Crippen molar-refractivity contribution in [2.45, 2.75) is 39.0 Å². The molecule has 1 fully saturated rings. The molecule has 1 unspecified atom stereocenters. The van der Waals surface area contributed by atoms with Gasteiger partial charge < -0.3 is 0 Å². The first-order valence-electron chi connectivity index (χ1n) is 6.17. The van der Waals surface area contributed by atoms with Gasteiger partial charge >= 0.3 is 0 Å². The van der Waals surface area contributed by atoms with Crippen molar-refractivity contribution in [3.63, 3.8) is 0 Å². The lowest BCUT2D eigenvalue weighted by Gasteiger charge is -2.29. The van der Waals surface area contributed by atoms with Crippen LogP contribution in [0, 0.1) is 23.7 Å². The van der Waals surface area contributed by atoms with Gasteiger partial charge in [-0.1, -0.05) is 30.7 Å². The monoisotopic (exact) mass is 227 g/mol. The molecular weight excluding hydrogens is 210 g/mol. The maximum atomic E-state index is 12.0. The summed E-state index contributed by atoms with van der Waals surface area (Å²) < 4.78 is 0. The van der Waals surface area contributed by atoms with Gasteiger partial charge in [0.1, 0.15) is 5.41 Å². The molecule has 0 saturated heterocycles. The molecule has 2 heteroatoms. The van der Waals surface area contributed by atoms with Crippen LogP contribution in [0.25, 0.3) is 0 Å². The van der Waals surface area contributed by atoms with Crippen LogP contribution in [0.2, 0.25) is 0 Å². The summed E-state index contributed by atoms with van der Waals surface area (Å²) in [7, 11) is 0. The van der Waals surface area contributed by atoms with Crippen molar-refractivity contribution in [3.05, 3.63) is 35.4 Å². The molecule has 0 spiro atoms. The molecule has 1 aliphatic carbocycles. The van der Waals surface area contributed by atoms with Crippen LogP contribution in [-0.2, 0) is 11.2 Å². The van der Waals surface area contributed by atoms with Crippen LogP contribution in [0.15, 0.2) is 24.3 Å². The summed E-state index contributed by atoms with van der Waals surface area (Å²) in [6.45, 7) is 2.04. The Morgan fingerprint density at radius 2 is 2.12 bits per heavy atom. The Balaban J connectivity index is 2.29. The van der Waals surface area contributed by atoms with E-state index in [4.69, 9.17) is 0 Å². The Labute approximate surface area is 102 Å². The number of nitrogens with zero attached hydrogens (tertiary/aromatic N) is 1. The number of Topliss-reactive ketones (excluding diaryl/α,β-unsaturated/α-hetero) is 1. The second-order valence-electron chi connectivity index (χ2n) is 4.93. The van der Waals surface area contributed by atoms with Gasteiger partial charge in [-0.25, -0.2) is 0 Å². The van der Waals surface area contributed by atoms with Gasteiger partial charge in [-0.3, -0.25) is 4.79 Å². The number of ketones is 1. The lowest BCUT2D eigenvalue weighted by molar-refractivity contribution is -0.128. The molecule has 0 radical (unpaired) electrons. The summed E-state index contributed by atoms with van der Waals surface area (Å²) in [5, 5.41) is 9.39. The fourth-order valence-electron chi connectivity index (χ4n) is 2.57. The zero-order valence-corrected chi connectivity index (χ0v) is 10.2. The van der Waals surface area contributed by atoms with Crippen LogP contribution in [0.3, 0.4) is 0 Å². The highest BCUT2D eigenvalue weighted by Gasteiger charge is 2.40. The van der Waals surface area contributed by atoms with Crippen molar-refractivity contribution in [3.8, 4) is 6.07 Å². The summed E-state index contributed by atoms with van der Waals surface area (Å²) in [6, 6.07) is 10.3. The van der Waals surface area contributed by atoms with Gasteiger partial charge in [0.2, 0.25) is 0 Å². The second kappa shape index (κ2) is 4.71. The number of benzene rings is 1. The molecule has 17 heavy (non-hydrogen) atoms. The zero-order chi connectivity index (χ0) is 12.3. The Bertz CT molecular complexity index is 472. The topological polar surface area (TPSA) is 40.9 Å². The number of carbonyl (C=O) groups is 1. The lowest BCUT2D eigenvalue weighted by atomic mass is 9.70. The molecule has 2 rings (SSSR count). The smallest absolute Gasteiger partial charge is 0.153 e. The Morgan fingerprint density at radius 1 is 1.35 bits per heavy atom. The number of carbonyl (C=O) groups excluding carboxylic acids is 1. The Kier molecular flexibility index (Phi) is 3.28. The van der Waals surface area contributed by atoms with Crippen molar-refractivity contribution >= 4 is 5.78 Å². The molecule has 2 nitrogen and oxygen atoms in total. The standard InChI is InChI=1S/C15H17NO/c1-12-6-2-3-7-13(12)10-15(11-16)9-5-4-8-14(15)17/h2-3,6-7H,4-5,8-10H2,1H3. The largest absolute Gasteiger partial charge is 0.298 e. The first-order valence-corrected chi connectivity index (χ1v) is 6.17. The molecule has 0 heterocycles. The number of hydrogen-bond donors (Lipinski definition) is 0. The van der Waals surface area contributed by atoms with Crippen LogP contribution in [0.5, 0.6) is 0 Å². The van der Waals surface area contributed by atoms with E-state index in [0.29, 0.717) is 12.8 Å². The van der Waals surface area contributed by atoms with Gasteiger partial charge in [0.15, 0.2) is 5.78 Å². The average molecular weight is 227 g/mol. The Hall–Kier alpha value is -1.62. The minimum absolute atomic E-state index is 0.134. The lowest BCUT2D eigenvalue weighted by Crippen LogP contribution is -2.35. The normalized spacial score (nSPS) is 24.4. The molecule has 1 aromatic rings. The van der Waals surface area contributed by atoms with E-state index < -0.39 is 5.41 Å². The van der Waals surface area contributed by atoms with Crippen LogP contribution < -0.4 is 0 Å². The zero-order valence-electron chi connectivity index (χ0n) is 10.2. The van der Waals surface area contributed by atoms with Gasteiger partial charge in [-0.2, -0.15) is 5.26 Å². The van der Waals surface area contributed by atoms with Gasteiger partial charge in [0, 0.05) is 6.42 Å². The van der Waals surface area contributed by atoms with Gasteiger partial charge in [0.25, 0.3) is 0 Å². The van der Waals surface area contributed by atoms with E-state index in [1.54, 1.807) is 0 Å². The van der Waals surface area contributed by atoms with Crippen molar-refractivity contribution < 1.29 is 4.79 Å². The highest BCUT2D eigenvalue weighted by Crippen LogP contribution is 2.36. The first kappa shape index (κ1) is 11.9. The van der Waals surface area contributed by atoms with Crippen molar-refractivity contribution in [2.24, 2.45) is 5.41 Å². The molecule has 0 N–H and O–H groups in total. The summed E-state index contributed by atoms with van der Waals surface area (Å²) in [6.07, 6.45) is 3.80. The number of rotatable bonds is 2. The van der Waals surface area contributed by atoms with Crippen molar-refractivity contribution in [2.75, 3.05) is 0 Å². The minimum atomic E-state index is -0.760. The highest BCUT2D eigenvalue weighted by atomic mass is 16.1. The van der Waals surface area contributed by atoms with E-state index in [9.17, 15) is 10.1 Å². The summed E-state index contributed by atoms with van der Waals surface area (Å²) in [4.78, 5) is 12.0. The van der Waals surface area contributed by atoms with Crippen molar-refractivity contribution in [1.82, 2.24) is 0 Å². The van der Waals surface area contributed by atoms with Crippen LogP contribution >= 0.6 is 0 Å². The average Bonchev–Trinajstić information content (AvgIpc) is 2.35. The van der Waals surface area contributed by atoms with E-state index in [1.165, 1.54) is 5.56 Å². The minimum Gasteiger partial charge on any atom is -0.298 e. The third-order valence-electron chi connectivity index (χ3n) is 3.76. The number of nitriles is 1. The van der Waals surface area contributed by atoms with E-state index in [1.807, 2.05) is 31.2 Å². The fourth-order valence-corrected chi connectivity index (χ4v) is 2.57. The third-order valence-corrected chi connectivity index (χ3v) is 3.76. The van der Waals surface area contributed by atoms with E-state index in [2.05, 4.69) is 6.07 Å². The molecule has 1 aliphatic rings. The first-order chi connectivity index (χ1) is 8.18. The van der Waals surface area contributed by atoms with Gasteiger partial charge in [-0.05, 0) is 37.3 Å². The molecule has 0 aliphatic heterocycles. The number of hydrogen-bond acceptors (Lipinski definition) is 2. The van der Waals surface area contributed by atoms with Crippen molar-refractivity contribution in [1.29, 1.82) is 5.26 Å². The molecule has 0 aromatic heterocycles. The fraction of sp³-hybridized carbons (Fsp3) is 0.467. The quantitative estimate of drug-likeness (QED) is 0.778. The molecule has 88 valence electrons. The molecule has 1 aromatic carbocycles. The maximum absolute atomic E-state index is 12.0. The van der Waals surface area contributed by atoms with E-state index in [0.717, 1.165) is 24.8 Å². The highest BCUT2D eigenvalue weighted by molar-refractivity contribution is 5.88. The predicted octanol–water partition coefficient (Wildman–Crippen LogP) is 3.19. The summed E-state index contributed by atoms with van der Waals surface area (Å²) in [5.41, 5.74) is 1.54. The molecule has 1 saturated carbocycles. The summed E-state index contributed by atoms with van der Waals surface area (Å²) in [5.74, 6) is 0.134. The van der Waals surface area contributed by atoms with E-state index in [-0.39, 0.29) is 5.78 Å². The van der Waals surface area contributed by atoms with Gasteiger partial charge in [0.05, 0.1) is 6.07 Å². The third kappa shape index (κ3) is 2.24. The molecule has 1 atom stereocenters. The van der Waals surface area contributed by atoms with Crippen LogP contribution in [-0.4, -0.2) is 5.78 Å². The molecule has 0 bridgehead atoms. The van der Waals surface area contributed by atoms with E-state index >= 15 is 0 Å². The number of aryl methyl sites for hydroxylation is 1. The predicted molar refractivity (Wildman–Crippen MR) is 66.4 cm³/mol. The second-order valence-corrected chi connectivity index (χ2v) is 4.93. The Morgan fingerprint density at radius 3 is 2.76 bits per heavy atom. The molecular formula is C15H17NO. The maximum Gasteiger partial charge on any atom is 0.153 e. The summed E-state index contributed by atoms with van der Waals surface area (Å²) >= 11 is 0. The SMILES string of the molecule is Cc1ccccc1CC1(C#N)CCCCC1=O.